The lowest BCUT2D eigenvalue weighted by Gasteiger charge is -2.29. The fourth-order valence-electron chi connectivity index (χ4n) is 3.29. The van der Waals surface area contributed by atoms with Crippen LogP contribution >= 0.6 is 11.8 Å². The smallest absolute Gasteiger partial charge is 0.236 e. The molecule has 3 nitrogen and oxygen atoms in total. The van der Waals surface area contributed by atoms with Gasteiger partial charge in [-0.2, -0.15) is 0 Å². The van der Waals surface area contributed by atoms with Crippen molar-refractivity contribution in [2.24, 2.45) is 0 Å². The van der Waals surface area contributed by atoms with Gasteiger partial charge in [-0.05, 0) is 56.5 Å². The number of rotatable bonds is 7. The van der Waals surface area contributed by atoms with Gasteiger partial charge in [-0.25, -0.2) is 0 Å². The maximum absolute atomic E-state index is 12.7. The molecule has 1 amide bonds. The molecule has 3 rings (SSSR count). The molecule has 0 bridgehead atoms. The van der Waals surface area contributed by atoms with Crippen molar-refractivity contribution in [3.8, 4) is 5.75 Å². The number of hydrogen-bond donors (Lipinski definition) is 1. The summed E-state index contributed by atoms with van der Waals surface area (Å²) in [5.74, 6) is 0.969. The second kappa shape index (κ2) is 9.32. The first-order chi connectivity index (χ1) is 13.0. The summed E-state index contributed by atoms with van der Waals surface area (Å²) >= 11 is 1.60. The van der Waals surface area contributed by atoms with Gasteiger partial charge < -0.3 is 10.1 Å². The molecule has 1 aliphatic rings. The van der Waals surface area contributed by atoms with Crippen LogP contribution in [-0.2, 0) is 11.4 Å². The lowest BCUT2D eigenvalue weighted by atomic mass is 9.95. The normalized spacial score (nSPS) is 15.3. The molecule has 2 aromatic rings. The minimum Gasteiger partial charge on any atom is -0.489 e. The van der Waals surface area contributed by atoms with Crippen molar-refractivity contribution in [2.75, 3.05) is 0 Å². The summed E-state index contributed by atoms with van der Waals surface area (Å²) in [5.41, 5.74) is 1.15. The van der Waals surface area contributed by atoms with Crippen molar-refractivity contribution in [1.82, 2.24) is 5.32 Å². The quantitative estimate of drug-likeness (QED) is 0.634. The van der Waals surface area contributed by atoms with E-state index >= 15 is 0 Å². The molecule has 144 valence electrons. The Hall–Kier alpha value is -1.94. The van der Waals surface area contributed by atoms with Gasteiger partial charge in [-0.3, -0.25) is 4.79 Å². The number of carbonyl (C=O) groups is 1. The van der Waals surface area contributed by atoms with Crippen molar-refractivity contribution in [1.29, 1.82) is 0 Å². The van der Waals surface area contributed by atoms with E-state index in [0.717, 1.165) is 29.1 Å². The van der Waals surface area contributed by atoms with Gasteiger partial charge in [0.2, 0.25) is 5.91 Å². The van der Waals surface area contributed by atoms with E-state index in [2.05, 4.69) is 17.4 Å². The molecule has 1 N–H and O–H groups in total. The highest BCUT2D eigenvalue weighted by atomic mass is 32.2. The Labute approximate surface area is 166 Å². The third kappa shape index (κ3) is 6.03. The third-order valence-corrected chi connectivity index (χ3v) is 6.14. The minimum atomic E-state index is -0.496. The van der Waals surface area contributed by atoms with Crippen LogP contribution in [0.3, 0.4) is 0 Å². The van der Waals surface area contributed by atoms with Gasteiger partial charge in [0, 0.05) is 10.9 Å². The van der Waals surface area contributed by atoms with Crippen LogP contribution in [0.15, 0.2) is 59.5 Å². The van der Waals surface area contributed by atoms with E-state index in [4.69, 9.17) is 4.74 Å². The summed E-state index contributed by atoms with van der Waals surface area (Å²) in [6.07, 6.45) is 5.97. The summed E-state index contributed by atoms with van der Waals surface area (Å²) < 4.78 is 5.34. The van der Waals surface area contributed by atoms with Gasteiger partial charge in [0.25, 0.3) is 0 Å². The predicted molar refractivity (Wildman–Crippen MR) is 112 cm³/mol. The average Bonchev–Trinajstić information content (AvgIpc) is 2.69. The summed E-state index contributed by atoms with van der Waals surface area (Å²) in [6.45, 7) is 4.55. The Bertz CT molecular complexity index is 722. The van der Waals surface area contributed by atoms with Crippen LogP contribution in [0.5, 0.6) is 5.75 Å². The highest BCUT2D eigenvalue weighted by Gasteiger charge is 2.30. The first-order valence-electron chi connectivity index (χ1n) is 9.80. The Balaban J connectivity index is 1.52. The Morgan fingerprint density at radius 3 is 2.37 bits per heavy atom. The number of carbonyl (C=O) groups excluding carboxylic acids is 1. The third-order valence-electron chi connectivity index (χ3n) is 4.93. The molecule has 0 unspecified atom stereocenters. The fourth-order valence-corrected chi connectivity index (χ4v) is 4.30. The zero-order valence-electron chi connectivity index (χ0n) is 16.2. The van der Waals surface area contributed by atoms with Crippen molar-refractivity contribution in [3.63, 3.8) is 0 Å². The number of hydrogen-bond acceptors (Lipinski definition) is 3. The van der Waals surface area contributed by atoms with E-state index in [-0.39, 0.29) is 5.91 Å². The standard InChI is InChI=1S/C23H29NO2S/c1-23(2,22(25)24-19-11-7-4-8-12-19)27-21-15-13-20(14-16-21)26-17-18-9-5-3-6-10-18/h3,5-6,9-10,13-16,19H,4,7-8,11-12,17H2,1-2H3,(H,24,25). The van der Waals surface area contributed by atoms with Crippen molar-refractivity contribution >= 4 is 17.7 Å². The van der Waals surface area contributed by atoms with E-state index in [0.29, 0.717) is 12.6 Å². The molecule has 0 radical (unpaired) electrons. The maximum Gasteiger partial charge on any atom is 0.236 e. The zero-order valence-corrected chi connectivity index (χ0v) is 17.1. The first-order valence-corrected chi connectivity index (χ1v) is 10.6. The van der Waals surface area contributed by atoms with Crippen LogP contribution in [0.2, 0.25) is 0 Å². The average molecular weight is 384 g/mol. The fraction of sp³-hybridized carbons (Fsp3) is 0.435. The number of ether oxygens (including phenoxy) is 1. The second-order valence-corrected chi connectivity index (χ2v) is 9.36. The Morgan fingerprint density at radius 1 is 1.04 bits per heavy atom. The molecule has 0 aromatic heterocycles. The number of thioether (sulfide) groups is 1. The second-order valence-electron chi connectivity index (χ2n) is 7.67. The molecular weight excluding hydrogens is 354 g/mol. The van der Waals surface area contributed by atoms with E-state index in [1.807, 2.05) is 56.3 Å². The van der Waals surface area contributed by atoms with Crippen LogP contribution < -0.4 is 10.1 Å². The largest absolute Gasteiger partial charge is 0.489 e. The molecule has 0 atom stereocenters. The zero-order chi connectivity index (χ0) is 19.1. The minimum absolute atomic E-state index is 0.129. The van der Waals surface area contributed by atoms with E-state index in [1.54, 1.807) is 11.8 Å². The van der Waals surface area contributed by atoms with E-state index in [1.165, 1.54) is 19.3 Å². The molecule has 1 aliphatic carbocycles. The van der Waals surface area contributed by atoms with Gasteiger partial charge in [0.15, 0.2) is 0 Å². The van der Waals surface area contributed by atoms with Gasteiger partial charge in [0.1, 0.15) is 12.4 Å². The molecule has 2 aromatic carbocycles. The number of amides is 1. The van der Waals surface area contributed by atoms with Crippen molar-refractivity contribution in [2.45, 2.75) is 68.2 Å². The Kier molecular flexibility index (Phi) is 6.84. The highest BCUT2D eigenvalue weighted by molar-refractivity contribution is 8.01. The van der Waals surface area contributed by atoms with Crippen LogP contribution in [0, 0.1) is 0 Å². The topological polar surface area (TPSA) is 38.3 Å². The predicted octanol–water partition coefficient (Wildman–Crippen LogP) is 5.59. The summed E-state index contributed by atoms with van der Waals surface area (Å²) in [6, 6.07) is 18.5. The highest BCUT2D eigenvalue weighted by Crippen LogP contribution is 2.34. The summed E-state index contributed by atoms with van der Waals surface area (Å²) in [5, 5.41) is 3.24. The molecule has 1 fully saturated rings. The number of benzene rings is 2. The van der Waals surface area contributed by atoms with Gasteiger partial charge >= 0.3 is 0 Å². The lowest BCUT2D eigenvalue weighted by Crippen LogP contribution is -2.45. The Morgan fingerprint density at radius 2 is 1.70 bits per heavy atom. The van der Waals surface area contributed by atoms with Crippen LogP contribution in [0.4, 0.5) is 0 Å². The monoisotopic (exact) mass is 383 g/mol. The molecule has 27 heavy (non-hydrogen) atoms. The summed E-state index contributed by atoms with van der Waals surface area (Å²) in [7, 11) is 0. The summed E-state index contributed by atoms with van der Waals surface area (Å²) in [4.78, 5) is 13.8. The molecule has 0 spiro atoms. The molecule has 0 heterocycles. The van der Waals surface area contributed by atoms with Gasteiger partial charge in [-0.1, -0.05) is 49.6 Å². The van der Waals surface area contributed by atoms with Gasteiger partial charge in [-0.15, -0.1) is 11.8 Å². The van der Waals surface area contributed by atoms with Crippen molar-refractivity contribution in [3.05, 3.63) is 60.2 Å². The van der Waals surface area contributed by atoms with Crippen LogP contribution in [0.25, 0.3) is 0 Å². The van der Waals surface area contributed by atoms with Gasteiger partial charge in [0.05, 0.1) is 4.75 Å². The SMILES string of the molecule is CC(C)(Sc1ccc(OCc2ccccc2)cc1)C(=O)NC1CCCCC1. The van der Waals surface area contributed by atoms with Crippen molar-refractivity contribution < 1.29 is 9.53 Å². The van der Waals surface area contributed by atoms with E-state index < -0.39 is 4.75 Å². The molecular formula is C23H29NO2S. The molecule has 0 saturated heterocycles. The van der Waals surface area contributed by atoms with Crippen LogP contribution in [0.1, 0.15) is 51.5 Å². The lowest BCUT2D eigenvalue weighted by molar-refractivity contribution is -0.123. The first kappa shape index (κ1) is 19.8. The van der Waals surface area contributed by atoms with E-state index in [9.17, 15) is 4.79 Å². The molecule has 0 aliphatic heterocycles. The molecule has 4 heteroatoms. The van der Waals surface area contributed by atoms with Crippen LogP contribution in [-0.4, -0.2) is 16.7 Å². The molecule has 1 saturated carbocycles. The maximum atomic E-state index is 12.7. The number of nitrogens with one attached hydrogen (secondary N) is 1.